The molecule has 3 nitrogen and oxygen atoms in total. The zero-order valence-corrected chi connectivity index (χ0v) is 9.05. The summed E-state index contributed by atoms with van der Waals surface area (Å²) in [6.07, 6.45) is 2.42. The Labute approximate surface area is 84.9 Å². The van der Waals surface area contributed by atoms with Crippen LogP contribution in [0.25, 0.3) is 0 Å². The van der Waals surface area contributed by atoms with Crippen LogP contribution in [0.5, 0.6) is 0 Å². The lowest BCUT2D eigenvalue weighted by atomic mass is 9.92. The zero-order chi connectivity index (χ0) is 10.6. The number of carbonyl (C=O) groups excluding carboxylic acids is 1. The van der Waals surface area contributed by atoms with Gasteiger partial charge in [-0.2, -0.15) is 0 Å². The minimum atomic E-state index is 0.0554. The van der Waals surface area contributed by atoms with Gasteiger partial charge in [0.2, 0.25) is 5.91 Å². The number of hydrogen-bond donors (Lipinski definition) is 2. The summed E-state index contributed by atoms with van der Waals surface area (Å²) in [4.78, 5) is 14.5. The predicted octanol–water partition coefficient (Wildman–Crippen LogP) is 2.07. The summed E-state index contributed by atoms with van der Waals surface area (Å²) < 4.78 is 0. The molecule has 1 heterocycles. The van der Waals surface area contributed by atoms with E-state index in [4.69, 9.17) is 0 Å². The van der Waals surface area contributed by atoms with E-state index >= 15 is 0 Å². The fourth-order valence-corrected chi connectivity index (χ4v) is 1.22. The van der Waals surface area contributed by atoms with Crippen LogP contribution < -0.4 is 5.32 Å². The SMILES string of the molecule is CC(C)(C)CC(=O)NCc1ccc[nH]1. The first-order valence-corrected chi connectivity index (χ1v) is 4.86. The number of hydrogen-bond acceptors (Lipinski definition) is 1. The molecular formula is C11H18N2O. The highest BCUT2D eigenvalue weighted by atomic mass is 16.1. The summed E-state index contributed by atoms with van der Waals surface area (Å²) in [5, 5.41) is 2.87. The molecule has 0 radical (unpaired) electrons. The molecule has 1 amide bonds. The summed E-state index contributed by atoms with van der Waals surface area (Å²) in [6, 6.07) is 3.88. The van der Waals surface area contributed by atoms with Crippen LogP contribution in [0.2, 0.25) is 0 Å². The molecule has 1 aromatic rings. The molecule has 2 N–H and O–H groups in total. The highest BCUT2D eigenvalue weighted by Crippen LogP contribution is 2.17. The average Bonchev–Trinajstić information content (AvgIpc) is 2.49. The van der Waals surface area contributed by atoms with Gasteiger partial charge in [-0.1, -0.05) is 20.8 Å². The first-order valence-electron chi connectivity index (χ1n) is 4.86. The number of H-pyrrole nitrogens is 1. The fourth-order valence-electron chi connectivity index (χ4n) is 1.22. The number of nitrogens with one attached hydrogen (secondary N) is 2. The lowest BCUT2D eigenvalue weighted by Gasteiger charge is -2.16. The third-order valence-corrected chi connectivity index (χ3v) is 1.83. The van der Waals surface area contributed by atoms with Gasteiger partial charge in [-0.3, -0.25) is 4.79 Å². The quantitative estimate of drug-likeness (QED) is 0.760. The van der Waals surface area contributed by atoms with Crippen LogP contribution in [0.3, 0.4) is 0 Å². The molecule has 0 aromatic carbocycles. The zero-order valence-electron chi connectivity index (χ0n) is 9.05. The molecule has 0 saturated carbocycles. The topological polar surface area (TPSA) is 44.9 Å². The van der Waals surface area contributed by atoms with Gasteiger partial charge in [0.25, 0.3) is 0 Å². The number of amides is 1. The second-order valence-electron chi connectivity index (χ2n) is 4.71. The molecule has 1 aromatic heterocycles. The fraction of sp³-hybridized carbons (Fsp3) is 0.545. The molecule has 0 atom stereocenters. The van der Waals surface area contributed by atoms with E-state index in [0.29, 0.717) is 13.0 Å². The van der Waals surface area contributed by atoms with E-state index in [2.05, 4.69) is 31.1 Å². The monoisotopic (exact) mass is 194 g/mol. The van der Waals surface area contributed by atoms with Crippen molar-refractivity contribution in [3.8, 4) is 0 Å². The molecule has 0 spiro atoms. The average molecular weight is 194 g/mol. The molecule has 0 bridgehead atoms. The molecule has 0 aliphatic heterocycles. The van der Waals surface area contributed by atoms with Crippen molar-refractivity contribution in [2.45, 2.75) is 33.7 Å². The third-order valence-electron chi connectivity index (χ3n) is 1.83. The van der Waals surface area contributed by atoms with Crippen molar-refractivity contribution < 1.29 is 4.79 Å². The van der Waals surface area contributed by atoms with Crippen LogP contribution in [0, 0.1) is 5.41 Å². The standard InChI is InChI=1S/C11H18N2O/c1-11(2,3)7-10(14)13-8-9-5-4-6-12-9/h4-6,12H,7-8H2,1-3H3,(H,13,14). The van der Waals surface area contributed by atoms with Gasteiger partial charge in [0.15, 0.2) is 0 Å². The van der Waals surface area contributed by atoms with Gasteiger partial charge in [0, 0.05) is 18.3 Å². The Bertz CT molecular complexity index is 283. The Hall–Kier alpha value is -1.25. The van der Waals surface area contributed by atoms with Crippen LogP contribution in [-0.2, 0) is 11.3 Å². The molecule has 0 aliphatic rings. The van der Waals surface area contributed by atoms with Crippen LogP contribution >= 0.6 is 0 Å². The maximum atomic E-state index is 11.4. The summed E-state index contributed by atoms with van der Waals surface area (Å²) in [6.45, 7) is 6.76. The molecule has 0 saturated heterocycles. The summed E-state index contributed by atoms with van der Waals surface area (Å²) in [5.41, 5.74) is 1.09. The summed E-state index contributed by atoms with van der Waals surface area (Å²) in [7, 11) is 0. The van der Waals surface area contributed by atoms with E-state index < -0.39 is 0 Å². The van der Waals surface area contributed by atoms with Gasteiger partial charge in [-0.25, -0.2) is 0 Å². The first kappa shape index (κ1) is 10.8. The van der Waals surface area contributed by atoms with Gasteiger partial charge in [0.05, 0.1) is 6.54 Å². The van der Waals surface area contributed by atoms with Gasteiger partial charge in [-0.05, 0) is 17.5 Å². The molecule has 1 rings (SSSR count). The maximum absolute atomic E-state index is 11.4. The largest absolute Gasteiger partial charge is 0.364 e. The van der Waals surface area contributed by atoms with Crippen LogP contribution in [0.15, 0.2) is 18.3 Å². The van der Waals surface area contributed by atoms with Crippen molar-refractivity contribution >= 4 is 5.91 Å². The van der Waals surface area contributed by atoms with E-state index in [0.717, 1.165) is 5.69 Å². The van der Waals surface area contributed by atoms with E-state index in [1.807, 2.05) is 18.3 Å². The van der Waals surface area contributed by atoms with Crippen molar-refractivity contribution in [2.75, 3.05) is 0 Å². The van der Waals surface area contributed by atoms with Gasteiger partial charge >= 0.3 is 0 Å². The Morgan fingerprint density at radius 3 is 2.71 bits per heavy atom. The van der Waals surface area contributed by atoms with Gasteiger partial charge in [-0.15, -0.1) is 0 Å². The number of aromatic amines is 1. The second kappa shape index (κ2) is 4.31. The molecule has 0 fully saturated rings. The summed E-state index contributed by atoms with van der Waals surface area (Å²) >= 11 is 0. The van der Waals surface area contributed by atoms with Crippen LogP contribution in [0.4, 0.5) is 0 Å². The van der Waals surface area contributed by atoms with Gasteiger partial charge in [0.1, 0.15) is 0 Å². The summed E-state index contributed by atoms with van der Waals surface area (Å²) in [5.74, 6) is 0.104. The maximum Gasteiger partial charge on any atom is 0.220 e. The Morgan fingerprint density at radius 2 is 2.21 bits per heavy atom. The molecule has 0 unspecified atom stereocenters. The van der Waals surface area contributed by atoms with E-state index in [-0.39, 0.29) is 11.3 Å². The molecule has 3 heteroatoms. The first-order chi connectivity index (χ1) is 6.47. The lowest BCUT2D eigenvalue weighted by molar-refractivity contribution is -0.122. The Kier molecular flexibility index (Phi) is 3.33. The van der Waals surface area contributed by atoms with Crippen LogP contribution in [0.1, 0.15) is 32.9 Å². The Balaban J connectivity index is 2.29. The Morgan fingerprint density at radius 1 is 1.50 bits per heavy atom. The van der Waals surface area contributed by atoms with Crippen molar-refractivity contribution in [3.05, 3.63) is 24.0 Å². The molecule has 0 aliphatic carbocycles. The molecule has 78 valence electrons. The number of carbonyl (C=O) groups is 1. The van der Waals surface area contributed by atoms with Crippen molar-refractivity contribution in [1.82, 2.24) is 10.3 Å². The third kappa shape index (κ3) is 4.12. The van der Waals surface area contributed by atoms with Gasteiger partial charge < -0.3 is 10.3 Å². The molecule has 14 heavy (non-hydrogen) atoms. The van der Waals surface area contributed by atoms with Crippen molar-refractivity contribution in [1.29, 1.82) is 0 Å². The lowest BCUT2D eigenvalue weighted by Crippen LogP contribution is -2.27. The number of rotatable bonds is 3. The minimum Gasteiger partial charge on any atom is -0.364 e. The van der Waals surface area contributed by atoms with E-state index in [1.54, 1.807) is 0 Å². The highest BCUT2D eigenvalue weighted by molar-refractivity contribution is 5.76. The normalized spacial score (nSPS) is 11.4. The van der Waals surface area contributed by atoms with Crippen molar-refractivity contribution in [3.63, 3.8) is 0 Å². The predicted molar refractivity (Wildman–Crippen MR) is 56.7 cm³/mol. The smallest absolute Gasteiger partial charge is 0.220 e. The van der Waals surface area contributed by atoms with Crippen molar-refractivity contribution in [2.24, 2.45) is 5.41 Å². The molecular weight excluding hydrogens is 176 g/mol. The number of aromatic nitrogens is 1. The van der Waals surface area contributed by atoms with E-state index in [9.17, 15) is 4.79 Å². The van der Waals surface area contributed by atoms with E-state index in [1.165, 1.54) is 0 Å². The highest BCUT2D eigenvalue weighted by Gasteiger charge is 2.15. The minimum absolute atomic E-state index is 0.0554. The van der Waals surface area contributed by atoms with Crippen LogP contribution in [-0.4, -0.2) is 10.9 Å². The second-order valence-corrected chi connectivity index (χ2v) is 4.71.